The standard InChI is InChI=1S/C25H25BrN2O3S/c26-22-13-15-23(16-14-22)32(30,31)28-17-7-12-21(18-28)25(29)27-24(19-8-3-1-4-9-19)20-10-5-2-6-11-20/h1-6,8-11,13-16,21,24H,7,12,17-18H2,(H,27,29)/t21-/m0/s1. The normalized spacial score (nSPS) is 17.2. The van der Waals surface area contributed by atoms with Gasteiger partial charge in [0, 0.05) is 17.6 Å². The number of rotatable bonds is 6. The molecule has 4 rings (SSSR count). The van der Waals surface area contributed by atoms with Gasteiger partial charge in [-0.1, -0.05) is 76.6 Å². The Morgan fingerprint density at radius 1 is 0.906 bits per heavy atom. The predicted molar refractivity (Wildman–Crippen MR) is 128 cm³/mol. The lowest BCUT2D eigenvalue weighted by Gasteiger charge is -2.32. The molecule has 0 spiro atoms. The largest absolute Gasteiger partial charge is 0.345 e. The number of carbonyl (C=O) groups excluding carboxylic acids is 1. The van der Waals surface area contributed by atoms with Crippen LogP contribution in [0.5, 0.6) is 0 Å². The van der Waals surface area contributed by atoms with Crippen LogP contribution in [-0.2, 0) is 14.8 Å². The van der Waals surface area contributed by atoms with Crippen LogP contribution in [0.15, 0.2) is 94.3 Å². The van der Waals surface area contributed by atoms with Crippen LogP contribution < -0.4 is 5.32 Å². The fourth-order valence-electron chi connectivity index (χ4n) is 4.04. The Bertz CT molecular complexity index is 1110. The molecular weight excluding hydrogens is 488 g/mol. The summed E-state index contributed by atoms with van der Waals surface area (Å²) in [5.74, 6) is -0.526. The molecular formula is C25H25BrN2O3S. The Labute approximate surface area is 197 Å². The summed E-state index contributed by atoms with van der Waals surface area (Å²) < 4.78 is 28.5. The van der Waals surface area contributed by atoms with Crippen molar-refractivity contribution in [1.29, 1.82) is 0 Å². The molecule has 1 amide bonds. The van der Waals surface area contributed by atoms with Crippen LogP contribution in [-0.4, -0.2) is 31.7 Å². The molecule has 166 valence electrons. The van der Waals surface area contributed by atoms with Gasteiger partial charge in [0.2, 0.25) is 15.9 Å². The van der Waals surface area contributed by atoms with Crippen LogP contribution >= 0.6 is 15.9 Å². The summed E-state index contributed by atoms with van der Waals surface area (Å²) >= 11 is 3.34. The van der Waals surface area contributed by atoms with Crippen molar-refractivity contribution in [2.45, 2.75) is 23.8 Å². The molecule has 7 heteroatoms. The number of hydrogen-bond donors (Lipinski definition) is 1. The van der Waals surface area contributed by atoms with Gasteiger partial charge in [0.25, 0.3) is 0 Å². The Hall–Kier alpha value is -2.48. The maximum absolute atomic E-state index is 13.3. The molecule has 3 aromatic rings. The fraction of sp³-hybridized carbons (Fsp3) is 0.240. The van der Waals surface area contributed by atoms with E-state index in [2.05, 4.69) is 21.2 Å². The smallest absolute Gasteiger partial charge is 0.243 e. The van der Waals surface area contributed by atoms with Crippen molar-refractivity contribution in [3.05, 3.63) is 101 Å². The van der Waals surface area contributed by atoms with Crippen molar-refractivity contribution in [1.82, 2.24) is 9.62 Å². The van der Waals surface area contributed by atoms with Gasteiger partial charge < -0.3 is 5.32 Å². The van der Waals surface area contributed by atoms with E-state index in [4.69, 9.17) is 0 Å². The number of benzene rings is 3. The van der Waals surface area contributed by atoms with E-state index >= 15 is 0 Å². The number of nitrogens with zero attached hydrogens (tertiary/aromatic N) is 1. The topological polar surface area (TPSA) is 66.5 Å². The second-order valence-corrected chi connectivity index (χ2v) is 10.8. The zero-order chi connectivity index (χ0) is 22.6. The number of amides is 1. The Morgan fingerprint density at radius 2 is 1.47 bits per heavy atom. The summed E-state index contributed by atoms with van der Waals surface area (Å²) in [7, 11) is -3.65. The second kappa shape index (κ2) is 9.98. The third kappa shape index (κ3) is 5.11. The average molecular weight is 513 g/mol. The quantitative estimate of drug-likeness (QED) is 0.517. The minimum absolute atomic E-state index is 0.126. The Balaban J connectivity index is 1.52. The number of carbonyl (C=O) groups is 1. The van der Waals surface area contributed by atoms with Crippen molar-refractivity contribution in [3.8, 4) is 0 Å². The zero-order valence-electron chi connectivity index (χ0n) is 17.5. The molecule has 0 radical (unpaired) electrons. The van der Waals surface area contributed by atoms with E-state index in [1.807, 2.05) is 60.7 Å². The maximum Gasteiger partial charge on any atom is 0.243 e. The maximum atomic E-state index is 13.3. The first-order chi connectivity index (χ1) is 15.4. The van der Waals surface area contributed by atoms with Crippen LogP contribution in [0, 0.1) is 5.92 Å². The third-order valence-electron chi connectivity index (χ3n) is 5.76. The minimum Gasteiger partial charge on any atom is -0.345 e. The first kappa shape index (κ1) is 22.7. The summed E-state index contributed by atoms with van der Waals surface area (Å²) in [6.45, 7) is 0.601. The van der Waals surface area contributed by atoms with E-state index in [1.54, 1.807) is 24.3 Å². The van der Waals surface area contributed by atoms with Crippen molar-refractivity contribution < 1.29 is 13.2 Å². The van der Waals surface area contributed by atoms with E-state index in [1.165, 1.54) is 4.31 Å². The second-order valence-electron chi connectivity index (χ2n) is 7.92. The van der Waals surface area contributed by atoms with Gasteiger partial charge in [0.1, 0.15) is 0 Å². The van der Waals surface area contributed by atoms with Gasteiger partial charge in [-0.25, -0.2) is 8.42 Å². The molecule has 1 heterocycles. The van der Waals surface area contributed by atoms with E-state index in [0.29, 0.717) is 19.4 Å². The summed E-state index contributed by atoms with van der Waals surface area (Å²) in [5.41, 5.74) is 1.98. The van der Waals surface area contributed by atoms with Gasteiger partial charge in [0.15, 0.2) is 0 Å². The zero-order valence-corrected chi connectivity index (χ0v) is 19.9. The van der Waals surface area contributed by atoms with Crippen LogP contribution in [0.1, 0.15) is 30.0 Å². The molecule has 0 unspecified atom stereocenters. The summed E-state index contributed by atoms with van der Waals surface area (Å²) in [6.07, 6.45) is 1.31. The molecule has 0 bridgehead atoms. The SMILES string of the molecule is O=C(NC(c1ccccc1)c1ccccc1)[C@H]1CCCN(S(=O)(=O)c2ccc(Br)cc2)C1. The Kier molecular flexibility index (Phi) is 7.08. The van der Waals surface area contributed by atoms with E-state index in [0.717, 1.165) is 15.6 Å². The molecule has 0 aromatic heterocycles. The molecule has 32 heavy (non-hydrogen) atoms. The highest BCUT2D eigenvalue weighted by Gasteiger charge is 2.34. The van der Waals surface area contributed by atoms with Gasteiger partial charge in [-0.05, 0) is 48.2 Å². The molecule has 1 atom stereocenters. The Morgan fingerprint density at radius 3 is 2.03 bits per heavy atom. The van der Waals surface area contributed by atoms with Crippen LogP contribution in [0.25, 0.3) is 0 Å². The first-order valence-corrected chi connectivity index (χ1v) is 12.8. The lowest BCUT2D eigenvalue weighted by molar-refractivity contribution is -0.126. The first-order valence-electron chi connectivity index (χ1n) is 10.6. The molecule has 0 aliphatic carbocycles. The van der Waals surface area contributed by atoms with Gasteiger partial charge in [-0.15, -0.1) is 0 Å². The number of nitrogens with one attached hydrogen (secondary N) is 1. The van der Waals surface area contributed by atoms with Crippen LogP contribution in [0.4, 0.5) is 0 Å². The van der Waals surface area contributed by atoms with Crippen LogP contribution in [0.3, 0.4) is 0 Å². The summed E-state index contributed by atoms with van der Waals surface area (Å²) in [5, 5.41) is 3.17. The van der Waals surface area contributed by atoms with Crippen molar-refractivity contribution in [2.24, 2.45) is 5.92 Å². The molecule has 3 aromatic carbocycles. The van der Waals surface area contributed by atoms with Crippen molar-refractivity contribution in [3.63, 3.8) is 0 Å². The molecule has 1 fully saturated rings. The number of piperidine rings is 1. The molecule has 1 N–H and O–H groups in total. The van der Waals surface area contributed by atoms with Gasteiger partial charge >= 0.3 is 0 Å². The van der Waals surface area contributed by atoms with Gasteiger partial charge in [-0.2, -0.15) is 4.31 Å². The monoisotopic (exact) mass is 512 g/mol. The van der Waals surface area contributed by atoms with E-state index in [-0.39, 0.29) is 23.4 Å². The summed E-state index contributed by atoms with van der Waals surface area (Å²) in [6, 6.07) is 26.0. The highest BCUT2D eigenvalue weighted by Crippen LogP contribution is 2.27. The van der Waals surface area contributed by atoms with E-state index in [9.17, 15) is 13.2 Å². The van der Waals surface area contributed by atoms with Crippen molar-refractivity contribution in [2.75, 3.05) is 13.1 Å². The molecule has 1 aliphatic rings. The van der Waals surface area contributed by atoms with Gasteiger partial charge in [-0.3, -0.25) is 4.79 Å². The average Bonchev–Trinajstić information content (AvgIpc) is 2.84. The number of hydrogen-bond acceptors (Lipinski definition) is 3. The molecule has 5 nitrogen and oxygen atoms in total. The highest BCUT2D eigenvalue weighted by atomic mass is 79.9. The summed E-state index contributed by atoms with van der Waals surface area (Å²) in [4.78, 5) is 13.5. The van der Waals surface area contributed by atoms with Crippen molar-refractivity contribution >= 4 is 31.9 Å². The lowest BCUT2D eigenvalue weighted by atomic mass is 9.95. The predicted octanol–water partition coefficient (Wildman–Crippen LogP) is 4.76. The number of halogens is 1. The minimum atomic E-state index is -3.65. The van der Waals surface area contributed by atoms with E-state index < -0.39 is 15.9 Å². The highest BCUT2D eigenvalue weighted by molar-refractivity contribution is 9.10. The molecule has 0 saturated carbocycles. The molecule has 1 saturated heterocycles. The molecule has 1 aliphatic heterocycles. The lowest BCUT2D eigenvalue weighted by Crippen LogP contribution is -2.46. The van der Waals surface area contributed by atoms with Gasteiger partial charge in [0.05, 0.1) is 16.9 Å². The van der Waals surface area contributed by atoms with Crippen LogP contribution in [0.2, 0.25) is 0 Å². The number of sulfonamides is 1. The fourth-order valence-corrected chi connectivity index (χ4v) is 5.83. The third-order valence-corrected chi connectivity index (χ3v) is 8.17.